The van der Waals surface area contributed by atoms with Gasteiger partial charge in [0.1, 0.15) is 5.15 Å². The predicted molar refractivity (Wildman–Crippen MR) is 74.0 cm³/mol. The topological polar surface area (TPSA) is 90.2 Å². The number of methoxy groups -OCH3 is 1. The zero-order valence-corrected chi connectivity index (χ0v) is 11.3. The maximum Gasteiger partial charge on any atom is 0.311 e. The Morgan fingerprint density at radius 3 is 2.95 bits per heavy atom. The number of nitro groups is 1. The van der Waals surface area contributed by atoms with Gasteiger partial charge in [-0.05, 0) is 12.1 Å². The largest absolute Gasteiger partial charge is 0.481 e. The van der Waals surface area contributed by atoms with Crippen molar-refractivity contribution in [3.05, 3.63) is 51.3 Å². The lowest BCUT2D eigenvalue weighted by molar-refractivity contribution is -0.384. The number of hydrogen-bond acceptors (Lipinski definition) is 6. The maximum absolute atomic E-state index is 10.9. The second-order valence-electron chi connectivity index (χ2n) is 3.78. The SMILES string of the molecule is COc1ncccc1CNc1nc(Cl)ccc1[N+](=O)[O-]. The first kappa shape index (κ1) is 14.0. The molecule has 20 heavy (non-hydrogen) atoms. The van der Waals surface area contributed by atoms with Gasteiger partial charge in [-0.3, -0.25) is 10.1 Å². The average Bonchev–Trinajstić information content (AvgIpc) is 2.45. The molecule has 0 amide bonds. The van der Waals surface area contributed by atoms with E-state index >= 15 is 0 Å². The summed E-state index contributed by atoms with van der Waals surface area (Å²) < 4.78 is 5.10. The summed E-state index contributed by atoms with van der Waals surface area (Å²) in [6.45, 7) is 0.283. The van der Waals surface area contributed by atoms with E-state index < -0.39 is 4.92 Å². The number of pyridine rings is 2. The van der Waals surface area contributed by atoms with Crippen LogP contribution in [0.2, 0.25) is 5.15 Å². The highest BCUT2D eigenvalue weighted by molar-refractivity contribution is 6.29. The van der Waals surface area contributed by atoms with Gasteiger partial charge in [-0.15, -0.1) is 0 Å². The van der Waals surface area contributed by atoms with Crippen LogP contribution < -0.4 is 10.1 Å². The quantitative estimate of drug-likeness (QED) is 0.518. The van der Waals surface area contributed by atoms with Crippen LogP contribution >= 0.6 is 11.6 Å². The van der Waals surface area contributed by atoms with Crippen LogP contribution in [0.4, 0.5) is 11.5 Å². The highest BCUT2D eigenvalue weighted by Crippen LogP contribution is 2.25. The lowest BCUT2D eigenvalue weighted by Crippen LogP contribution is -2.06. The number of aromatic nitrogens is 2. The molecule has 104 valence electrons. The lowest BCUT2D eigenvalue weighted by atomic mass is 10.2. The van der Waals surface area contributed by atoms with Crippen molar-refractivity contribution in [1.82, 2.24) is 9.97 Å². The molecule has 0 fully saturated rings. The number of hydrogen-bond donors (Lipinski definition) is 1. The third-order valence-corrected chi connectivity index (χ3v) is 2.74. The molecule has 0 aliphatic rings. The fraction of sp³-hybridized carbons (Fsp3) is 0.167. The second-order valence-corrected chi connectivity index (χ2v) is 4.17. The van der Waals surface area contributed by atoms with E-state index in [-0.39, 0.29) is 23.2 Å². The molecule has 0 aromatic carbocycles. The average molecular weight is 295 g/mol. The first-order valence-corrected chi connectivity index (χ1v) is 6.02. The van der Waals surface area contributed by atoms with Gasteiger partial charge < -0.3 is 10.1 Å². The third kappa shape index (κ3) is 3.12. The summed E-state index contributed by atoms with van der Waals surface area (Å²) in [7, 11) is 1.51. The van der Waals surface area contributed by atoms with Gasteiger partial charge in [0.25, 0.3) is 0 Å². The number of ether oxygens (including phenoxy) is 1. The summed E-state index contributed by atoms with van der Waals surface area (Å²) in [5.74, 6) is 0.554. The summed E-state index contributed by atoms with van der Waals surface area (Å²) >= 11 is 5.75. The van der Waals surface area contributed by atoms with Crippen molar-refractivity contribution in [3.8, 4) is 5.88 Å². The summed E-state index contributed by atoms with van der Waals surface area (Å²) in [6.07, 6.45) is 1.60. The Balaban J connectivity index is 2.22. The van der Waals surface area contributed by atoms with Gasteiger partial charge in [-0.25, -0.2) is 9.97 Å². The molecule has 2 aromatic rings. The molecule has 0 unspecified atom stereocenters. The fourth-order valence-electron chi connectivity index (χ4n) is 1.63. The number of nitrogens with zero attached hydrogens (tertiary/aromatic N) is 3. The molecule has 0 saturated heterocycles. The van der Waals surface area contributed by atoms with E-state index in [0.717, 1.165) is 5.56 Å². The minimum absolute atomic E-state index is 0.105. The van der Waals surface area contributed by atoms with E-state index in [9.17, 15) is 10.1 Å². The van der Waals surface area contributed by atoms with Gasteiger partial charge in [-0.1, -0.05) is 17.7 Å². The molecule has 0 atom stereocenters. The van der Waals surface area contributed by atoms with E-state index in [1.54, 1.807) is 18.3 Å². The summed E-state index contributed by atoms with van der Waals surface area (Å²) in [6, 6.07) is 6.22. The molecule has 0 saturated carbocycles. The number of anilines is 1. The van der Waals surface area contributed by atoms with E-state index in [2.05, 4.69) is 15.3 Å². The number of nitrogens with one attached hydrogen (secondary N) is 1. The normalized spacial score (nSPS) is 10.1. The van der Waals surface area contributed by atoms with Crippen molar-refractivity contribution in [1.29, 1.82) is 0 Å². The monoisotopic (exact) mass is 294 g/mol. The Bertz CT molecular complexity index is 636. The molecular formula is C12H11ClN4O3. The maximum atomic E-state index is 10.9. The zero-order chi connectivity index (χ0) is 14.5. The smallest absolute Gasteiger partial charge is 0.311 e. The molecule has 2 heterocycles. The van der Waals surface area contributed by atoms with Gasteiger partial charge >= 0.3 is 5.69 Å². The van der Waals surface area contributed by atoms with Crippen LogP contribution in [0.25, 0.3) is 0 Å². The molecule has 0 bridgehead atoms. The number of rotatable bonds is 5. The molecular weight excluding hydrogens is 284 g/mol. The number of halogens is 1. The molecule has 2 aromatic heterocycles. The Hall–Kier alpha value is -2.41. The molecule has 8 heteroatoms. The van der Waals surface area contributed by atoms with Crippen LogP contribution in [-0.2, 0) is 6.54 Å². The Kier molecular flexibility index (Phi) is 4.31. The lowest BCUT2D eigenvalue weighted by Gasteiger charge is -2.09. The molecule has 7 nitrogen and oxygen atoms in total. The molecule has 1 N–H and O–H groups in total. The highest BCUT2D eigenvalue weighted by Gasteiger charge is 2.16. The van der Waals surface area contributed by atoms with Gasteiger partial charge in [0.2, 0.25) is 11.7 Å². The zero-order valence-electron chi connectivity index (χ0n) is 10.5. The minimum atomic E-state index is -0.522. The molecule has 2 rings (SSSR count). The van der Waals surface area contributed by atoms with E-state index in [1.165, 1.54) is 19.2 Å². The molecule has 0 radical (unpaired) electrons. The minimum Gasteiger partial charge on any atom is -0.481 e. The van der Waals surface area contributed by atoms with Gasteiger partial charge in [0.05, 0.1) is 12.0 Å². The Morgan fingerprint density at radius 2 is 2.25 bits per heavy atom. The summed E-state index contributed by atoms with van der Waals surface area (Å²) in [5.41, 5.74) is 0.614. The summed E-state index contributed by atoms with van der Waals surface area (Å²) in [5, 5.41) is 14.0. The van der Waals surface area contributed by atoms with Gasteiger partial charge in [0, 0.05) is 24.4 Å². The van der Waals surface area contributed by atoms with Crippen molar-refractivity contribution < 1.29 is 9.66 Å². The van der Waals surface area contributed by atoms with Crippen LogP contribution in [0.15, 0.2) is 30.5 Å². The second kappa shape index (κ2) is 6.16. The van der Waals surface area contributed by atoms with Crippen molar-refractivity contribution >= 4 is 23.1 Å². The fourth-order valence-corrected chi connectivity index (χ4v) is 1.77. The van der Waals surface area contributed by atoms with E-state index in [4.69, 9.17) is 16.3 Å². The van der Waals surface area contributed by atoms with Crippen molar-refractivity contribution in [2.45, 2.75) is 6.54 Å². The standard InChI is InChI=1S/C12H11ClN4O3/c1-20-12-8(3-2-6-14-12)7-15-11-9(17(18)19)4-5-10(13)16-11/h2-6H,7H2,1H3,(H,15,16). The van der Waals surface area contributed by atoms with Crippen LogP contribution in [0.1, 0.15) is 5.56 Å². The van der Waals surface area contributed by atoms with Crippen LogP contribution in [-0.4, -0.2) is 22.0 Å². The first-order valence-electron chi connectivity index (χ1n) is 5.64. The van der Waals surface area contributed by atoms with Crippen molar-refractivity contribution in [2.75, 3.05) is 12.4 Å². The van der Waals surface area contributed by atoms with Gasteiger partial charge in [-0.2, -0.15) is 0 Å². The van der Waals surface area contributed by atoms with Crippen molar-refractivity contribution in [2.24, 2.45) is 0 Å². The third-order valence-electron chi connectivity index (χ3n) is 2.53. The predicted octanol–water partition coefficient (Wildman–Crippen LogP) is 2.66. The summed E-state index contributed by atoms with van der Waals surface area (Å²) in [4.78, 5) is 18.3. The first-order chi connectivity index (χ1) is 9.61. The van der Waals surface area contributed by atoms with Crippen LogP contribution in [0, 0.1) is 10.1 Å². The Labute approximate surface area is 119 Å². The molecule has 0 spiro atoms. The van der Waals surface area contributed by atoms with Crippen molar-refractivity contribution in [3.63, 3.8) is 0 Å². The Morgan fingerprint density at radius 1 is 1.45 bits per heavy atom. The van der Waals surface area contributed by atoms with Gasteiger partial charge in [0.15, 0.2) is 0 Å². The van der Waals surface area contributed by atoms with E-state index in [0.29, 0.717) is 5.88 Å². The van der Waals surface area contributed by atoms with Crippen LogP contribution in [0.3, 0.4) is 0 Å². The highest BCUT2D eigenvalue weighted by atomic mass is 35.5. The molecule has 0 aliphatic carbocycles. The van der Waals surface area contributed by atoms with E-state index in [1.807, 2.05) is 0 Å². The van der Waals surface area contributed by atoms with Crippen LogP contribution in [0.5, 0.6) is 5.88 Å². The molecule has 0 aliphatic heterocycles.